The Morgan fingerprint density at radius 2 is 1.88 bits per heavy atom. The van der Waals surface area contributed by atoms with E-state index in [4.69, 9.17) is 10.5 Å². The number of nitrogens with two attached hydrogens (primary N) is 1. The summed E-state index contributed by atoms with van der Waals surface area (Å²) in [4.78, 5) is 24.8. The van der Waals surface area contributed by atoms with Crippen LogP contribution in [0.15, 0.2) is 59.7 Å². The standard InChI is InChI=1S/C19H19N3O3/c1-25-19(24)16-11-17(14-9-7-13(12-20)8-10-14)21-22(18(16)23)15-5-3-2-4-6-15/h2-10,16H,11-12,20H2,1H3. The van der Waals surface area contributed by atoms with Gasteiger partial charge < -0.3 is 10.5 Å². The first kappa shape index (κ1) is 16.9. The molecule has 3 rings (SSSR count). The van der Waals surface area contributed by atoms with E-state index in [1.54, 1.807) is 12.1 Å². The van der Waals surface area contributed by atoms with Crippen LogP contribution in [0, 0.1) is 5.92 Å². The fourth-order valence-corrected chi connectivity index (χ4v) is 2.73. The zero-order valence-electron chi connectivity index (χ0n) is 13.9. The first-order valence-corrected chi connectivity index (χ1v) is 7.97. The first-order chi connectivity index (χ1) is 12.1. The van der Waals surface area contributed by atoms with Gasteiger partial charge >= 0.3 is 5.97 Å². The second-order valence-corrected chi connectivity index (χ2v) is 5.71. The summed E-state index contributed by atoms with van der Waals surface area (Å²) in [6, 6.07) is 16.6. The van der Waals surface area contributed by atoms with Gasteiger partial charge in [0.15, 0.2) is 0 Å². The summed E-state index contributed by atoms with van der Waals surface area (Å²) in [6.07, 6.45) is 0.205. The van der Waals surface area contributed by atoms with E-state index < -0.39 is 11.9 Å². The Hall–Kier alpha value is -2.99. The highest BCUT2D eigenvalue weighted by atomic mass is 16.5. The van der Waals surface area contributed by atoms with E-state index in [2.05, 4.69) is 5.10 Å². The van der Waals surface area contributed by atoms with E-state index in [0.717, 1.165) is 11.1 Å². The molecule has 0 spiro atoms. The van der Waals surface area contributed by atoms with Crippen molar-refractivity contribution in [3.8, 4) is 0 Å². The minimum atomic E-state index is -0.910. The number of ether oxygens (including phenoxy) is 1. The molecule has 1 aliphatic rings. The number of para-hydroxylation sites is 1. The number of amides is 1. The van der Waals surface area contributed by atoms with Gasteiger partial charge in [-0.3, -0.25) is 9.59 Å². The molecule has 2 aromatic rings. The number of anilines is 1. The highest BCUT2D eigenvalue weighted by Crippen LogP contribution is 2.26. The molecule has 128 valence electrons. The third kappa shape index (κ3) is 3.44. The van der Waals surface area contributed by atoms with Crippen molar-refractivity contribution in [3.63, 3.8) is 0 Å². The number of carbonyl (C=O) groups is 2. The van der Waals surface area contributed by atoms with E-state index in [-0.39, 0.29) is 12.3 Å². The van der Waals surface area contributed by atoms with Gasteiger partial charge in [0.25, 0.3) is 5.91 Å². The fraction of sp³-hybridized carbons (Fsp3) is 0.211. The lowest BCUT2D eigenvalue weighted by Crippen LogP contribution is -2.43. The van der Waals surface area contributed by atoms with Crippen LogP contribution in [0.4, 0.5) is 5.69 Å². The summed E-state index contributed by atoms with van der Waals surface area (Å²) in [5, 5.41) is 5.76. The number of hydrogen-bond acceptors (Lipinski definition) is 5. The lowest BCUT2D eigenvalue weighted by molar-refractivity contribution is -0.149. The van der Waals surface area contributed by atoms with Crippen LogP contribution < -0.4 is 10.7 Å². The molecule has 1 atom stereocenters. The molecule has 25 heavy (non-hydrogen) atoms. The number of rotatable bonds is 4. The topological polar surface area (TPSA) is 85.0 Å². The predicted octanol–water partition coefficient (Wildman–Crippen LogP) is 2.08. The lowest BCUT2D eigenvalue weighted by Gasteiger charge is -2.28. The van der Waals surface area contributed by atoms with Gasteiger partial charge in [0.1, 0.15) is 5.92 Å². The van der Waals surface area contributed by atoms with Crippen LogP contribution >= 0.6 is 0 Å². The Kier molecular flexibility index (Phi) is 4.90. The van der Waals surface area contributed by atoms with Crippen LogP contribution in [0.3, 0.4) is 0 Å². The zero-order valence-corrected chi connectivity index (χ0v) is 13.9. The van der Waals surface area contributed by atoms with Crippen molar-refractivity contribution in [3.05, 3.63) is 65.7 Å². The Morgan fingerprint density at radius 3 is 2.48 bits per heavy atom. The van der Waals surface area contributed by atoms with Crippen molar-refractivity contribution >= 4 is 23.3 Å². The predicted molar refractivity (Wildman–Crippen MR) is 94.9 cm³/mol. The van der Waals surface area contributed by atoms with Gasteiger partial charge in [-0.15, -0.1) is 0 Å². The number of benzene rings is 2. The first-order valence-electron chi connectivity index (χ1n) is 7.97. The zero-order chi connectivity index (χ0) is 17.8. The molecule has 0 bridgehead atoms. The lowest BCUT2D eigenvalue weighted by atomic mass is 9.94. The summed E-state index contributed by atoms with van der Waals surface area (Å²) in [5.41, 5.74) is 8.74. The van der Waals surface area contributed by atoms with E-state index >= 15 is 0 Å². The summed E-state index contributed by atoms with van der Waals surface area (Å²) in [6.45, 7) is 0.451. The fourth-order valence-electron chi connectivity index (χ4n) is 2.73. The molecule has 0 radical (unpaired) electrons. The molecular weight excluding hydrogens is 318 g/mol. The van der Waals surface area contributed by atoms with E-state index in [1.807, 2.05) is 42.5 Å². The maximum atomic E-state index is 12.7. The second-order valence-electron chi connectivity index (χ2n) is 5.71. The van der Waals surface area contributed by atoms with Crippen LogP contribution in [0.5, 0.6) is 0 Å². The molecule has 1 aliphatic heterocycles. The van der Waals surface area contributed by atoms with Crippen molar-refractivity contribution in [1.82, 2.24) is 0 Å². The Bertz CT molecular complexity index is 800. The van der Waals surface area contributed by atoms with Crippen molar-refractivity contribution in [2.24, 2.45) is 16.8 Å². The van der Waals surface area contributed by atoms with Gasteiger partial charge in [-0.1, -0.05) is 42.5 Å². The number of nitrogens with zero attached hydrogens (tertiary/aromatic N) is 2. The summed E-state index contributed by atoms with van der Waals surface area (Å²) < 4.78 is 4.81. The molecule has 6 heteroatoms. The molecule has 1 unspecified atom stereocenters. The van der Waals surface area contributed by atoms with Gasteiger partial charge in [-0.2, -0.15) is 10.1 Å². The monoisotopic (exact) mass is 337 g/mol. The summed E-state index contributed by atoms with van der Waals surface area (Å²) in [5.74, 6) is -1.86. The second kappa shape index (κ2) is 7.27. The third-order valence-electron chi connectivity index (χ3n) is 4.13. The Labute approximate surface area is 145 Å². The summed E-state index contributed by atoms with van der Waals surface area (Å²) in [7, 11) is 1.28. The smallest absolute Gasteiger partial charge is 0.318 e. The molecule has 1 heterocycles. The quantitative estimate of drug-likeness (QED) is 0.684. The van der Waals surface area contributed by atoms with Crippen LogP contribution in [0.1, 0.15) is 17.5 Å². The van der Waals surface area contributed by atoms with Crippen LogP contribution in [-0.4, -0.2) is 24.7 Å². The molecule has 0 fully saturated rings. The van der Waals surface area contributed by atoms with Crippen LogP contribution in [0.2, 0.25) is 0 Å². The van der Waals surface area contributed by atoms with Gasteiger partial charge in [0.05, 0.1) is 18.5 Å². The van der Waals surface area contributed by atoms with Gasteiger partial charge in [-0.05, 0) is 23.3 Å². The minimum absolute atomic E-state index is 0.205. The molecule has 1 amide bonds. The van der Waals surface area contributed by atoms with Gasteiger partial charge in [0.2, 0.25) is 0 Å². The molecule has 0 aliphatic carbocycles. The van der Waals surface area contributed by atoms with Crippen molar-refractivity contribution in [2.45, 2.75) is 13.0 Å². The van der Waals surface area contributed by atoms with Crippen molar-refractivity contribution in [2.75, 3.05) is 12.1 Å². The average Bonchev–Trinajstić information content (AvgIpc) is 2.68. The van der Waals surface area contributed by atoms with E-state index in [9.17, 15) is 9.59 Å². The summed E-state index contributed by atoms with van der Waals surface area (Å²) >= 11 is 0. The molecule has 6 nitrogen and oxygen atoms in total. The highest BCUT2D eigenvalue weighted by molar-refractivity contribution is 6.15. The Balaban J connectivity index is 2.02. The van der Waals surface area contributed by atoms with Crippen molar-refractivity contribution < 1.29 is 14.3 Å². The molecule has 2 N–H and O–H groups in total. The van der Waals surface area contributed by atoms with Gasteiger partial charge in [0, 0.05) is 13.0 Å². The maximum absolute atomic E-state index is 12.7. The highest BCUT2D eigenvalue weighted by Gasteiger charge is 2.38. The van der Waals surface area contributed by atoms with E-state index in [1.165, 1.54) is 12.1 Å². The molecule has 0 saturated carbocycles. The molecule has 2 aromatic carbocycles. The van der Waals surface area contributed by atoms with Crippen molar-refractivity contribution in [1.29, 1.82) is 0 Å². The molecule has 0 saturated heterocycles. The number of hydrazone groups is 1. The van der Waals surface area contributed by atoms with E-state index in [0.29, 0.717) is 17.9 Å². The molecular formula is C19H19N3O3. The third-order valence-corrected chi connectivity index (χ3v) is 4.13. The van der Waals surface area contributed by atoms with Crippen LogP contribution in [0.25, 0.3) is 0 Å². The number of methoxy groups -OCH3 is 1. The molecule has 0 aromatic heterocycles. The van der Waals surface area contributed by atoms with Crippen LogP contribution in [-0.2, 0) is 20.9 Å². The number of hydrogen-bond donors (Lipinski definition) is 1. The largest absolute Gasteiger partial charge is 0.468 e. The number of esters is 1. The average molecular weight is 337 g/mol. The minimum Gasteiger partial charge on any atom is -0.468 e. The Morgan fingerprint density at radius 1 is 1.20 bits per heavy atom. The SMILES string of the molecule is COC(=O)C1CC(c2ccc(CN)cc2)=NN(c2ccccc2)C1=O. The number of carbonyl (C=O) groups excluding carboxylic acids is 2. The van der Waals surface area contributed by atoms with Gasteiger partial charge in [-0.25, -0.2) is 0 Å². The maximum Gasteiger partial charge on any atom is 0.318 e. The normalized spacial score (nSPS) is 17.2.